The zero-order chi connectivity index (χ0) is 13.3. The average Bonchev–Trinajstić information content (AvgIpc) is 2.74. The highest BCUT2D eigenvalue weighted by Crippen LogP contribution is 2.29. The van der Waals surface area contributed by atoms with Crippen LogP contribution >= 0.6 is 0 Å². The van der Waals surface area contributed by atoms with Crippen molar-refractivity contribution in [1.29, 1.82) is 0 Å². The summed E-state index contributed by atoms with van der Waals surface area (Å²) in [5, 5.41) is 23.8. The Bertz CT molecular complexity index is 633. The zero-order valence-corrected chi connectivity index (χ0v) is 9.40. The van der Waals surface area contributed by atoms with Crippen molar-refractivity contribution < 1.29 is 14.8 Å². The first kappa shape index (κ1) is 11.8. The van der Waals surface area contributed by atoms with E-state index in [1.807, 2.05) is 0 Å². The Kier molecular flexibility index (Phi) is 2.80. The van der Waals surface area contributed by atoms with Gasteiger partial charge in [0.15, 0.2) is 0 Å². The maximum Gasteiger partial charge on any atom is 0.335 e. The van der Waals surface area contributed by atoms with Gasteiger partial charge >= 0.3 is 5.97 Å². The molecular formula is C11H9N3O4. The van der Waals surface area contributed by atoms with Crippen LogP contribution in [0, 0.1) is 10.1 Å². The van der Waals surface area contributed by atoms with Crippen LogP contribution in [0.4, 0.5) is 5.69 Å². The Labute approximate surface area is 101 Å². The number of benzene rings is 1. The molecule has 0 saturated carbocycles. The summed E-state index contributed by atoms with van der Waals surface area (Å²) < 4.78 is 1.52. The number of hydrogen-bond acceptors (Lipinski definition) is 4. The van der Waals surface area contributed by atoms with Crippen molar-refractivity contribution in [3.05, 3.63) is 46.1 Å². The average molecular weight is 247 g/mol. The first-order valence-electron chi connectivity index (χ1n) is 5.01. The van der Waals surface area contributed by atoms with Crippen molar-refractivity contribution in [3.8, 4) is 11.3 Å². The molecule has 7 nitrogen and oxygen atoms in total. The lowest BCUT2D eigenvalue weighted by Crippen LogP contribution is -2.00. The van der Waals surface area contributed by atoms with E-state index in [-0.39, 0.29) is 11.3 Å². The molecule has 1 heterocycles. The van der Waals surface area contributed by atoms with Gasteiger partial charge in [0.05, 0.1) is 21.7 Å². The van der Waals surface area contributed by atoms with Crippen LogP contribution in [0.3, 0.4) is 0 Å². The van der Waals surface area contributed by atoms with Crippen molar-refractivity contribution >= 4 is 11.7 Å². The maximum atomic E-state index is 11.0. The second-order valence-corrected chi connectivity index (χ2v) is 3.67. The molecule has 0 spiro atoms. The van der Waals surface area contributed by atoms with Gasteiger partial charge in [0.1, 0.15) is 0 Å². The Morgan fingerprint density at radius 2 is 2.17 bits per heavy atom. The molecule has 0 amide bonds. The number of carboxylic acids is 1. The van der Waals surface area contributed by atoms with Gasteiger partial charge in [-0.2, -0.15) is 5.10 Å². The predicted octanol–water partition coefficient (Wildman–Crippen LogP) is 1.69. The molecule has 0 aliphatic heterocycles. The summed E-state index contributed by atoms with van der Waals surface area (Å²) in [6.07, 6.45) is 1.66. The van der Waals surface area contributed by atoms with Gasteiger partial charge in [-0.1, -0.05) is 0 Å². The van der Waals surface area contributed by atoms with Gasteiger partial charge in [0.25, 0.3) is 5.69 Å². The molecule has 0 aliphatic carbocycles. The number of aromatic carboxylic acids is 1. The smallest absolute Gasteiger partial charge is 0.335 e. The minimum atomic E-state index is -1.20. The van der Waals surface area contributed by atoms with Crippen LogP contribution in [0.25, 0.3) is 11.3 Å². The summed E-state index contributed by atoms with van der Waals surface area (Å²) in [6, 6.07) is 5.37. The molecule has 18 heavy (non-hydrogen) atoms. The van der Waals surface area contributed by atoms with Crippen molar-refractivity contribution in [2.24, 2.45) is 7.05 Å². The van der Waals surface area contributed by atoms with E-state index in [4.69, 9.17) is 5.11 Å². The predicted molar refractivity (Wildman–Crippen MR) is 62.3 cm³/mol. The van der Waals surface area contributed by atoms with Crippen LogP contribution in [-0.4, -0.2) is 25.8 Å². The number of aromatic nitrogens is 2. The molecule has 1 aromatic heterocycles. The Balaban J connectivity index is 2.60. The van der Waals surface area contributed by atoms with Gasteiger partial charge in [-0.3, -0.25) is 14.8 Å². The third-order valence-corrected chi connectivity index (χ3v) is 2.43. The van der Waals surface area contributed by atoms with E-state index in [9.17, 15) is 14.9 Å². The Hall–Kier alpha value is -2.70. The molecule has 0 aliphatic rings. The van der Waals surface area contributed by atoms with Crippen molar-refractivity contribution in [1.82, 2.24) is 9.78 Å². The van der Waals surface area contributed by atoms with Crippen LogP contribution in [0.2, 0.25) is 0 Å². The van der Waals surface area contributed by atoms with E-state index in [0.29, 0.717) is 11.3 Å². The first-order chi connectivity index (χ1) is 8.49. The molecule has 0 saturated heterocycles. The van der Waals surface area contributed by atoms with Gasteiger partial charge in [-0.15, -0.1) is 0 Å². The highest BCUT2D eigenvalue weighted by atomic mass is 16.6. The minimum Gasteiger partial charge on any atom is -0.478 e. The fourth-order valence-electron chi connectivity index (χ4n) is 1.59. The normalized spacial score (nSPS) is 10.3. The molecule has 0 fully saturated rings. The van der Waals surface area contributed by atoms with Crippen LogP contribution in [0.5, 0.6) is 0 Å². The third-order valence-electron chi connectivity index (χ3n) is 2.43. The second kappa shape index (κ2) is 4.28. The van der Waals surface area contributed by atoms with E-state index in [0.717, 1.165) is 6.07 Å². The number of aryl methyl sites for hydroxylation is 1. The number of nitro benzene ring substituents is 1. The van der Waals surface area contributed by atoms with Crippen LogP contribution in [-0.2, 0) is 7.05 Å². The Morgan fingerprint density at radius 1 is 1.44 bits per heavy atom. The lowest BCUT2D eigenvalue weighted by Gasteiger charge is -2.01. The highest BCUT2D eigenvalue weighted by Gasteiger charge is 2.19. The van der Waals surface area contributed by atoms with Gasteiger partial charge in [-0.25, -0.2) is 4.79 Å². The summed E-state index contributed by atoms with van der Waals surface area (Å²) in [5.74, 6) is -1.20. The zero-order valence-electron chi connectivity index (χ0n) is 9.40. The molecule has 2 rings (SSSR count). The van der Waals surface area contributed by atoms with Gasteiger partial charge in [-0.05, 0) is 18.2 Å². The Morgan fingerprint density at radius 3 is 2.67 bits per heavy atom. The summed E-state index contributed by atoms with van der Waals surface area (Å²) in [4.78, 5) is 21.1. The van der Waals surface area contributed by atoms with E-state index in [2.05, 4.69) is 5.10 Å². The van der Waals surface area contributed by atoms with Gasteiger partial charge in [0, 0.05) is 19.3 Å². The highest BCUT2D eigenvalue weighted by molar-refractivity contribution is 5.90. The topological polar surface area (TPSA) is 98.3 Å². The summed E-state index contributed by atoms with van der Waals surface area (Å²) in [5.41, 5.74) is 0.335. The lowest BCUT2D eigenvalue weighted by atomic mass is 10.1. The summed E-state index contributed by atoms with van der Waals surface area (Å²) >= 11 is 0. The molecule has 2 aromatic rings. The number of carboxylic acid groups (broad SMARTS) is 1. The number of hydrogen-bond donors (Lipinski definition) is 1. The standard InChI is InChI=1S/C11H9N3O4/c1-13-5-4-9(12-13)8-3-2-7(11(15)16)6-10(8)14(17)18/h2-6H,1H3,(H,15,16). The van der Waals surface area contributed by atoms with E-state index in [1.165, 1.54) is 16.8 Å². The molecular weight excluding hydrogens is 238 g/mol. The largest absolute Gasteiger partial charge is 0.478 e. The van der Waals surface area contributed by atoms with Crippen molar-refractivity contribution in [2.45, 2.75) is 0 Å². The molecule has 0 unspecified atom stereocenters. The van der Waals surface area contributed by atoms with E-state index < -0.39 is 10.9 Å². The SMILES string of the molecule is Cn1ccc(-c2ccc(C(=O)O)cc2[N+](=O)[O-])n1. The van der Waals surface area contributed by atoms with Gasteiger partial charge in [0.2, 0.25) is 0 Å². The second-order valence-electron chi connectivity index (χ2n) is 3.67. The molecule has 0 atom stereocenters. The maximum absolute atomic E-state index is 11.0. The molecule has 1 aromatic carbocycles. The number of nitrogens with zero attached hydrogens (tertiary/aromatic N) is 3. The fourth-order valence-corrected chi connectivity index (χ4v) is 1.59. The molecule has 92 valence electrons. The fraction of sp³-hybridized carbons (Fsp3) is 0.0909. The van der Waals surface area contributed by atoms with Crippen LogP contribution in [0.15, 0.2) is 30.5 Å². The monoisotopic (exact) mass is 247 g/mol. The molecule has 0 radical (unpaired) electrons. The summed E-state index contributed by atoms with van der Waals surface area (Å²) in [7, 11) is 1.70. The quantitative estimate of drug-likeness (QED) is 0.657. The molecule has 0 bridgehead atoms. The first-order valence-corrected chi connectivity index (χ1v) is 5.01. The number of carbonyl (C=O) groups is 1. The van der Waals surface area contributed by atoms with Gasteiger partial charge < -0.3 is 5.11 Å². The van der Waals surface area contributed by atoms with Crippen LogP contribution in [0.1, 0.15) is 10.4 Å². The minimum absolute atomic E-state index is 0.124. The summed E-state index contributed by atoms with van der Waals surface area (Å²) in [6.45, 7) is 0. The van der Waals surface area contributed by atoms with Crippen molar-refractivity contribution in [2.75, 3.05) is 0 Å². The van der Waals surface area contributed by atoms with E-state index >= 15 is 0 Å². The third kappa shape index (κ3) is 2.05. The van der Waals surface area contributed by atoms with Crippen molar-refractivity contribution in [3.63, 3.8) is 0 Å². The van der Waals surface area contributed by atoms with E-state index in [1.54, 1.807) is 19.3 Å². The number of nitro groups is 1. The lowest BCUT2D eigenvalue weighted by molar-refractivity contribution is -0.384. The molecule has 7 heteroatoms. The molecule has 1 N–H and O–H groups in total. The van der Waals surface area contributed by atoms with Crippen LogP contribution < -0.4 is 0 Å². The number of rotatable bonds is 3.